The van der Waals surface area contributed by atoms with Crippen LogP contribution >= 0.6 is 0 Å². The van der Waals surface area contributed by atoms with E-state index in [0.29, 0.717) is 12.3 Å². The molecule has 17 heavy (non-hydrogen) atoms. The maximum absolute atomic E-state index is 11.8. The molecule has 0 radical (unpaired) electrons. The quantitative estimate of drug-likeness (QED) is 0.751. The van der Waals surface area contributed by atoms with Gasteiger partial charge in [-0.1, -0.05) is 32.9 Å². The van der Waals surface area contributed by atoms with E-state index in [9.17, 15) is 4.79 Å². The van der Waals surface area contributed by atoms with Gasteiger partial charge in [-0.15, -0.1) is 0 Å². The van der Waals surface area contributed by atoms with Crippen LogP contribution in [0.5, 0.6) is 0 Å². The maximum atomic E-state index is 11.8. The van der Waals surface area contributed by atoms with E-state index in [1.54, 1.807) is 0 Å². The van der Waals surface area contributed by atoms with Crippen LogP contribution in [0.4, 0.5) is 5.69 Å². The number of carbonyl (C=O) groups is 1. The third-order valence-corrected chi connectivity index (χ3v) is 3.34. The zero-order chi connectivity index (χ0) is 12.8. The van der Waals surface area contributed by atoms with Crippen molar-refractivity contribution in [3.8, 4) is 0 Å². The molecule has 0 amide bonds. The van der Waals surface area contributed by atoms with Crippen LogP contribution in [-0.4, -0.2) is 19.4 Å². The Morgan fingerprint density at radius 2 is 1.82 bits per heavy atom. The lowest BCUT2D eigenvalue weighted by Crippen LogP contribution is -2.29. The monoisotopic (exact) mass is 233 g/mol. The van der Waals surface area contributed by atoms with Gasteiger partial charge in [-0.25, -0.2) is 0 Å². The van der Waals surface area contributed by atoms with Crippen LogP contribution in [0.1, 0.15) is 32.8 Å². The molecular weight excluding hydrogens is 210 g/mol. The molecule has 2 heteroatoms. The highest BCUT2D eigenvalue weighted by atomic mass is 16.1. The minimum absolute atomic E-state index is 0.160. The van der Waals surface area contributed by atoms with E-state index >= 15 is 0 Å². The van der Waals surface area contributed by atoms with Gasteiger partial charge in [-0.05, 0) is 30.5 Å². The average Bonchev–Trinajstić information content (AvgIpc) is 2.37. The van der Waals surface area contributed by atoms with Crippen LogP contribution in [0.2, 0.25) is 0 Å². The van der Waals surface area contributed by atoms with Gasteiger partial charge in [-0.2, -0.15) is 0 Å². The number of aryl methyl sites for hydroxylation is 1. The fourth-order valence-corrected chi connectivity index (χ4v) is 1.69. The molecule has 0 aliphatic rings. The normalized spacial score (nSPS) is 12.2. The number of benzene rings is 1. The number of nitrogens with zero attached hydrogens (tertiary/aromatic N) is 1. The minimum Gasteiger partial charge on any atom is -0.367 e. The molecule has 0 heterocycles. The third kappa shape index (κ3) is 3.88. The van der Waals surface area contributed by atoms with Crippen molar-refractivity contribution in [3.05, 3.63) is 29.8 Å². The Bertz CT molecular complexity index is 356. The molecule has 0 saturated heterocycles. The molecule has 1 aromatic rings. The van der Waals surface area contributed by atoms with E-state index in [1.165, 1.54) is 5.56 Å². The lowest BCUT2D eigenvalue weighted by Gasteiger charge is -2.20. The third-order valence-electron chi connectivity index (χ3n) is 3.34. The molecule has 0 saturated carbocycles. The molecule has 1 atom stereocenters. The number of Topliss-reactive ketones (excluding diaryl/α,β-unsaturated/α-hetero) is 1. The van der Waals surface area contributed by atoms with Gasteiger partial charge in [0.25, 0.3) is 0 Å². The first kappa shape index (κ1) is 13.8. The summed E-state index contributed by atoms with van der Waals surface area (Å²) < 4.78 is 0. The zero-order valence-electron chi connectivity index (χ0n) is 11.4. The Labute approximate surface area is 105 Å². The Hall–Kier alpha value is -1.31. The molecule has 0 bridgehead atoms. The average molecular weight is 233 g/mol. The molecule has 1 aromatic carbocycles. The summed E-state index contributed by atoms with van der Waals surface area (Å²) in [5.74, 6) is 0.474. The van der Waals surface area contributed by atoms with Crippen LogP contribution in [-0.2, 0) is 11.2 Å². The van der Waals surface area contributed by atoms with Gasteiger partial charge in [-0.3, -0.25) is 4.79 Å². The minimum atomic E-state index is 0.160. The number of hydrogen-bond acceptors (Lipinski definition) is 2. The van der Waals surface area contributed by atoms with Gasteiger partial charge in [0.2, 0.25) is 0 Å². The van der Waals surface area contributed by atoms with E-state index in [0.717, 1.165) is 18.5 Å². The summed E-state index contributed by atoms with van der Waals surface area (Å²) in [6.07, 6.45) is 1.97. The summed E-state index contributed by atoms with van der Waals surface area (Å²) >= 11 is 0. The van der Waals surface area contributed by atoms with Gasteiger partial charge in [0.05, 0.1) is 6.54 Å². The predicted octanol–water partition coefficient (Wildman–Crippen LogP) is 3.30. The summed E-state index contributed by atoms with van der Waals surface area (Å²) in [6, 6.07) is 8.42. The number of ketones is 1. The van der Waals surface area contributed by atoms with Crippen LogP contribution in [0.15, 0.2) is 24.3 Å². The number of hydrogen-bond donors (Lipinski definition) is 0. The van der Waals surface area contributed by atoms with Crippen LogP contribution in [0.25, 0.3) is 0 Å². The summed E-state index contributed by atoms with van der Waals surface area (Å²) in [5.41, 5.74) is 2.44. The van der Waals surface area contributed by atoms with Crippen molar-refractivity contribution in [1.29, 1.82) is 0 Å². The van der Waals surface area contributed by atoms with E-state index in [2.05, 4.69) is 38.1 Å². The fraction of sp³-hybridized carbons (Fsp3) is 0.533. The van der Waals surface area contributed by atoms with Gasteiger partial charge in [0.15, 0.2) is 5.78 Å². The second-order valence-electron chi connectivity index (χ2n) is 4.65. The van der Waals surface area contributed by atoms with E-state index in [-0.39, 0.29) is 5.92 Å². The SMILES string of the molecule is CCc1ccc(N(C)CC(=O)C(C)CC)cc1. The van der Waals surface area contributed by atoms with Crippen molar-refractivity contribution in [2.24, 2.45) is 5.92 Å². The molecule has 0 aliphatic heterocycles. The molecule has 0 aromatic heterocycles. The lowest BCUT2D eigenvalue weighted by molar-refractivity contribution is -0.121. The molecule has 1 unspecified atom stereocenters. The van der Waals surface area contributed by atoms with E-state index < -0.39 is 0 Å². The summed E-state index contributed by atoms with van der Waals surface area (Å²) in [6.45, 7) is 6.70. The van der Waals surface area contributed by atoms with Crippen molar-refractivity contribution < 1.29 is 4.79 Å². The molecule has 1 rings (SSSR count). The number of rotatable bonds is 6. The number of likely N-dealkylation sites (N-methyl/N-ethyl adjacent to an activating group) is 1. The summed E-state index contributed by atoms with van der Waals surface area (Å²) in [4.78, 5) is 13.9. The first-order valence-corrected chi connectivity index (χ1v) is 6.41. The van der Waals surface area contributed by atoms with E-state index in [1.807, 2.05) is 18.9 Å². The van der Waals surface area contributed by atoms with Crippen molar-refractivity contribution in [3.63, 3.8) is 0 Å². The fourth-order valence-electron chi connectivity index (χ4n) is 1.69. The first-order chi connectivity index (χ1) is 8.08. The van der Waals surface area contributed by atoms with Crippen molar-refractivity contribution in [1.82, 2.24) is 0 Å². The Balaban J connectivity index is 2.63. The second kappa shape index (κ2) is 6.43. The van der Waals surface area contributed by atoms with Gasteiger partial charge < -0.3 is 4.90 Å². The molecule has 0 fully saturated rings. The molecular formula is C15H23NO. The Kier molecular flexibility index (Phi) is 5.20. The standard InChI is InChI=1S/C15H23NO/c1-5-12(3)15(17)11-16(4)14-9-7-13(6-2)8-10-14/h7-10,12H,5-6,11H2,1-4H3. The van der Waals surface area contributed by atoms with Crippen molar-refractivity contribution >= 4 is 11.5 Å². The maximum Gasteiger partial charge on any atom is 0.154 e. The van der Waals surface area contributed by atoms with E-state index in [4.69, 9.17) is 0 Å². The lowest BCUT2D eigenvalue weighted by atomic mass is 10.0. The molecule has 0 N–H and O–H groups in total. The van der Waals surface area contributed by atoms with Gasteiger partial charge >= 0.3 is 0 Å². The smallest absolute Gasteiger partial charge is 0.154 e. The topological polar surface area (TPSA) is 20.3 Å². The van der Waals surface area contributed by atoms with Crippen molar-refractivity contribution in [2.75, 3.05) is 18.5 Å². The summed E-state index contributed by atoms with van der Waals surface area (Å²) in [5, 5.41) is 0. The molecule has 94 valence electrons. The summed E-state index contributed by atoms with van der Waals surface area (Å²) in [7, 11) is 1.97. The van der Waals surface area contributed by atoms with Gasteiger partial charge in [0, 0.05) is 18.7 Å². The highest BCUT2D eigenvalue weighted by Crippen LogP contribution is 2.15. The highest BCUT2D eigenvalue weighted by Gasteiger charge is 2.13. The number of carbonyl (C=O) groups excluding carboxylic acids is 1. The van der Waals surface area contributed by atoms with Crippen molar-refractivity contribution in [2.45, 2.75) is 33.6 Å². The molecule has 2 nitrogen and oxygen atoms in total. The Morgan fingerprint density at radius 3 is 2.29 bits per heavy atom. The molecule has 0 spiro atoms. The second-order valence-corrected chi connectivity index (χ2v) is 4.65. The van der Waals surface area contributed by atoms with Crippen LogP contribution < -0.4 is 4.90 Å². The van der Waals surface area contributed by atoms with Gasteiger partial charge in [0.1, 0.15) is 0 Å². The highest BCUT2D eigenvalue weighted by molar-refractivity contribution is 5.85. The zero-order valence-corrected chi connectivity index (χ0v) is 11.4. The number of anilines is 1. The first-order valence-electron chi connectivity index (χ1n) is 6.41. The van der Waals surface area contributed by atoms with Crippen LogP contribution in [0.3, 0.4) is 0 Å². The Morgan fingerprint density at radius 1 is 1.24 bits per heavy atom. The predicted molar refractivity (Wildman–Crippen MR) is 73.6 cm³/mol. The van der Waals surface area contributed by atoms with Crippen LogP contribution in [0, 0.1) is 5.92 Å². The molecule has 0 aliphatic carbocycles. The largest absolute Gasteiger partial charge is 0.367 e.